The predicted molar refractivity (Wildman–Crippen MR) is 89.3 cm³/mol. The molecule has 1 aromatic heterocycles. The second kappa shape index (κ2) is 6.45. The standard InChI is InChI=1S/C16H16N6O2/c1-9-6-14(23)21-22-15(9)10-2-3-12(11(17)7-10)20-16(24)13-8-18-4-5-19-13/h2-5,7-9H,6,17H2,1H3,(H,20,24)(H,21,23). The van der Waals surface area contributed by atoms with Crippen LogP contribution in [-0.4, -0.2) is 27.5 Å². The quantitative estimate of drug-likeness (QED) is 0.731. The number of nitrogen functional groups attached to an aromatic ring is 1. The molecule has 2 amide bonds. The largest absolute Gasteiger partial charge is 0.397 e. The van der Waals surface area contributed by atoms with Gasteiger partial charge in [-0.25, -0.2) is 10.4 Å². The van der Waals surface area contributed by atoms with Crippen molar-refractivity contribution >= 4 is 28.9 Å². The number of nitrogens with zero attached hydrogens (tertiary/aromatic N) is 3. The summed E-state index contributed by atoms with van der Waals surface area (Å²) >= 11 is 0. The molecule has 8 nitrogen and oxygen atoms in total. The Morgan fingerprint density at radius 1 is 1.38 bits per heavy atom. The van der Waals surface area contributed by atoms with Crippen molar-refractivity contribution in [1.29, 1.82) is 0 Å². The minimum absolute atomic E-state index is 0.00168. The molecular formula is C16H16N6O2. The normalized spacial score (nSPS) is 17.0. The Bertz CT molecular complexity index is 819. The fraction of sp³-hybridized carbons (Fsp3) is 0.188. The van der Waals surface area contributed by atoms with Crippen molar-refractivity contribution in [2.24, 2.45) is 11.0 Å². The van der Waals surface area contributed by atoms with Crippen LogP contribution in [0, 0.1) is 5.92 Å². The van der Waals surface area contributed by atoms with Crippen LogP contribution in [0.3, 0.4) is 0 Å². The van der Waals surface area contributed by atoms with E-state index in [2.05, 4.69) is 25.8 Å². The van der Waals surface area contributed by atoms with Gasteiger partial charge in [-0.1, -0.05) is 13.0 Å². The van der Waals surface area contributed by atoms with E-state index >= 15 is 0 Å². The lowest BCUT2D eigenvalue weighted by Gasteiger charge is -2.20. The molecule has 0 radical (unpaired) electrons. The zero-order valence-corrected chi connectivity index (χ0v) is 13.0. The Kier molecular flexibility index (Phi) is 4.19. The van der Waals surface area contributed by atoms with E-state index in [0.717, 1.165) is 11.3 Å². The molecule has 0 saturated heterocycles. The molecule has 0 spiro atoms. The van der Waals surface area contributed by atoms with Crippen LogP contribution in [-0.2, 0) is 4.79 Å². The van der Waals surface area contributed by atoms with E-state index in [1.165, 1.54) is 18.6 Å². The Labute approximate surface area is 138 Å². The van der Waals surface area contributed by atoms with Gasteiger partial charge in [-0.3, -0.25) is 14.6 Å². The van der Waals surface area contributed by atoms with Gasteiger partial charge in [-0.15, -0.1) is 0 Å². The molecule has 24 heavy (non-hydrogen) atoms. The predicted octanol–water partition coefficient (Wildman–Crippen LogP) is 1.17. The van der Waals surface area contributed by atoms with Crippen LogP contribution in [0.15, 0.2) is 41.9 Å². The second-order valence-electron chi connectivity index (χ2n) is 5.48. The van der Waals surface area contributed by atoms with Gasteiger partial charge in [0.15, 0.2) is 0 Å². The molecule has 3 rings (SSSR count). The third kappa shape index (κ3) is 3.22. The second-order valence-corrected chi connectivity index (χ2v) is 5.48. The highest BCUT2D eigenvalue weighted by atomic mass is 16.2. The molecule has 2 heterocycles. The number of hydrogen-bond donors (Lipinski definition) is 3. The Morgan fingerprint density at radius 3 is 2.88 bits per heavy atom. The number of benzene rings is 1. The summed E-state index contributed by atoms with van der Waals surface area (Å²) in [5.41, 5.74) is 11.1. The number of nitrogens with one attached hydrogen (secondary N) is 2. The molecule has 8 heteroatoms. The highest BCUT2D eigenvalue weighted by Gasteiger charge is 2.22. The first kappa shape index (κ1) is 15.6. The van der Waals surface area contributed by atoms with Crippen LogP contribution in [0.25, 0.3) is 0 Å². The molecule has 0 bridgehead atoms. The summed E-state index contributed by atoms with van der Waals surface area (Å²) in [5.74, 6) is -0.497. The first-order chi connectivity index (χ1) is 11.5. The van der Waals surface area contributed by atoms with Gasteiger partial charge >= 0.3 is 0 Å². The molecule has 0 aliphatic carbocycles. The highest BCUT2D eigenvalue weighted by Crippen LogP contribution is 2.24. The fourth-order valence-corrected chi connectivity index (χ4v) is 2.44. The lowest BCUT2D eigenvalue weighted by molar-refractivity contribution is -0.121. The van der Waals surface area contributed by atoms with Gasteiger partial charge in [-0.2, -0.15) is 5.10 Å². The molecule has 1 atom stereocenters. The minimum Gasteiger partial charge on any atom is -0.397 e. The fourth-order valence-electron chi connectivity index (χ4n) is 2.44. The molecule has 1 unspecified atom stereocenters. The van der Waals surface area contributed by atoms with Crippen molar-refractivity contribution in [3.63, 3.8) is 0 Å². The van der Waals surface area contributed by atoms with Gasteiger partial charge in [0.2, 0.25) is 5.91 Å². The number of hydrazone groups is 1. The molecule has 0 fully saturated rings. The summed E-state index contributed by atoms with van der Waals surface area (Å²) in [4.78, 5) is 31.2. The van der Waals surface area contributed by atoms with Crippen molar-refractivity contribution < 1.29 is 9.59 Å². The van der Waals surface area contributed by atoms with Crippen LogP contribution in [0.2, 0.25) is 0 Å². The molecule has 0 saturated carbocycles. The third-order valence-electron chi connectivity index (χ3n) is 3.65. The average Bonchev–Trinajstić information content (AvgIpc) is 2.57. The first-order valence-corrected chi connectivity index (χ1v) is 7.38. The monoisotopic (exact) mass is 324 g/mol. The van der Waals surface area contributed by atoms with Crippen molar-refractivity contribution in [3.8, 4) is 0 Å². The third-order valence-corrected chi connectivity index (χ3v) is 3.65. The van der Waals surface area contributed by atoms with Crippen LogP contribution in [0.4, 0.5) is 11.4 Å². The number of rotatable bonds is 3. The van der Waals surface area contributed by atoms with Crippen LogP contribution < -0.4 is 16.5 Å². The number of carbonyl (C=O) groups is 2. The van der Waals surface area contributed by atoms with Crippen LogP contribution in [0.5, 0.6) is 0 Å². The summed E-state index contributed by atoms with van der Waals surface area (Å²) in [5, 5.41) is 6.80. The summed E-state index contributed by atoms with van der Waals surface area (Å²) in [6, 6.07) is 5.22. The Morgan fingerprint density at radius 2 is 2.21 bits per heavy atom. The smallest absolute Gasteiger partial charge is 0.275 e. The summed E-state index contributed by atoms with van der Waals surface area (Å²) in [6.07, 6.45) is 4.69. The Hall–Kier alpha value is -3.29. The van der Waals surface area contributed by atoms with Gasteiger partial charge in [0.1, 0.15) is 5.69 Å². The van der Waals surface area contributed by atoms with Crippen molar-refractivity contribution in [3.05, 3.63) is 48.0 Å². The van der Waals surface area contributed by atoms with Gasteiger partial charge in [0, 0.05) is 30.3 Å². The number of aromatic nitrogens is 2. The van der Waals surface area contributed by atoms with E-state index in [0.29, 0.717) is 17.8 Å². The summed E-state index contributed by atoms with van der Waals surface area (Å²) < 4.78 is 0. The van der Waals surface area contributed by atoms with Gasteiger partial charge in [0.25, 0.3) is 5.91 Å². The zero-order valence-electron chi connectivity index (χ0n) is 13.0. The number of carbonyl (C=O) groups excluding carboxylic acids is 2. The number of hydrogen-bond acceptors (Lipinski definition) is 6. The van der Waals surface area contributed by atoms with E-state index in [4.69, 9.17) is 5.73 Å². The number of amides is 2. The van der Waals surface area contributed by atoms with Crippen molar-refractivity contribution in [2.45, 2.75) is 13.3 Å². The lowest BCUT2D eigenvalue weighted by Crippen LogP contribution is -2.32. The van der Waals surface area contributed by atoms with Gasteiger partial charge in [0.05, 0.1) is 23.3 Å². The molecule has 122 valence electrons. The van der Waals surface area contributed by atoms with Gasteiger partial charge < -0.3 is 11.1 Å². The SMILES string of the molecule is CC1CC(=O)NN=C1c1ccc(NC(=O)c2cnccn2)c(N)c1. The molecule has 1 aromatic carbocycles. The summed E-state index contributed by atoms with van der Waals surface area (Å²) in [6.45, 7) is 1.93. The van der Waals surface area contributed by atoms with E-state index < -0.39 is 5.91 Å². The highest BCUT2D eigenvalue weighted by molar-refractivity contribution is 6.08. The topological polar surface area (TPSA) is 122 Å². The van der Waals surface area contributed by atoms with E-state index in [9.17, 15) is 9.59 Å². The minimum atomic E-state index is -0.391. The molecule has 4 N–H and O–H groups in total. The number of nitrogens with two attached hydrogens (primary N) is 1. The maximum absolute atomic E-state index is 12.1. The van der Waals surface area contributed by atoms with E-state index in [1.54, 1.807) is 18.2 Å². The summed E-state index contributed by atoms with van der Waals surface area (Å²) in [7, 11) is 0. The van der Waals surface area contributed by atoms with E-state index in [-0.39, 0.29) is 17.5 Å². The van der Waals surface area contributed by atoms with E-state index in [1.807, 2.05) is 6.92 Å². The Balaban J connectivity index is 1.80. The molecule has 1 aliphatic heterocycles. The molecular weight excluding hydrogens is 308 g/mol. The van der Waals surface area contributed by atoms with Crippen LogP contribution >= 0.6 is 0 Å². The lowest BCUT2D eigenvalue weighted by atomic mass is 9.93. The maximum Gasteiger partial charge on any atom is 0.275 e. The molecule has 1 aliphatic rings. The molecule has 2 aromatic rings. The first-order valence-electron chi connectivity index (χ1n) is 7.38. The van der Waals surface area contributed by atoms with Gasteiger partial charge in [-0.05, 0) is 12.1 Å². The van der Waals surface area contributed by atoms with Crippen molar-refractivity contribution in [2.75, 3.05) is 11.1 Å². The van der Waals surface area contributed by atoms with Crippen LogP contribution in [0.1, 0.15) is 29.4 Å². The van der Waals surface area contributed by atoms with Crippen molar-refractivity contribution in [1.82, 2.24) is 15.4 Å². The number of anilines is 2. The zero-order chi connectivity index (χ0) is 17.1. The average molecular weight is 324 g/mol. The maximum atomic E-state index is 12.1.